The van der Waals surface area contributed by atoms with Crippen LogP contribution in [-0.2, 0) is 0 Å². The molecule has 1 aromatic heterocycles. The number of halogens is 1. The Hall–Kier alpha value is -0.700. The van der Waals surface area contributed by atoms with Crippen molar-refractivity contribution < 1.29 is 4.79 Å². The first-order chi connectivity index (χ1) is 4.74. The zero-order valence-electron chi connectivity index (χ0n) is 5.47. The molecule has 1 aromatic rings. The van der Waals surface area contributed by atoms with Crippen LogP contribution in [0.25, 0.3) is 0 Å². The molecule has 2 nitrogen and oxygen atoms in total. The predicted octanol–water partition coefficient (Wildman–Crippen LogP) is 1.97. The van der Waals surface area contributed by atoms with E-state index in [2.05, 4.69) is 20.9 Å². The van der Waals surface area contributed by atoms with Gasteiger partial charge >= 0.3 is 0 Å². The molecular weight excluding hydrogens is 194 g/mol. The lowest BCUT2D eigenvalue weighted by atomic mass is 10.2. The van der Waals surface area contributed by atoms with E-state index in [-0.39, 0.29) is 0 Å². The lowest BCUT2D eigenvalue weighted by Gasteiger charge is -1.95. The normalized spacial score (nSPS) is 9.40. The van der Waals surface area contributed by atoms with Crippen LogP contribution in [0, 0.1) is 6.92 Å². The number of carbonyl (C=O) groups excluding carboxylic acids is 1. The predicted molar refractivity (Wildman–Crippen MR) is 42.1 cm³/mol. The minimum absolute atomic E-state index is 0.682. The van der Waals surface area contributed by atoms with Crippen LogP contribution in [0.3, 0.4) is 0 Å². The lowest BCUT2D eigenvalue weighted by molar-refractivity contribution is 0.112. The van der Waals surface area contributed by atoms with Gasteiger partial charge in [-0.15, -0.1) is 0 Å². The third kappa shape index (κ3) is 1.42. The first kappa shape index (κ1) is 7.41. The third-order valence-electron chi connectivity index (χ3n) is 1.24. The number of carbonyl (C=O) groups is 1. The first-order valence-electron chi connectivity index (χ1n) is 2.81. The Kier molecular flexibility index (Phi) is 2.17. The fourth-order valence-corrected chi connectivity index (χ4v) is 0.988. The Morgan fingerprint density at radius 2 is 2.40 bits per heavy atom. The molecule has 1 rings (SSSR count). The van der Waals surface area contributed by atoms with Gasteiger partial charge in [-0.3, -0.25) is 4.79 Å². The van der Waals surface area contributed by atoms with Gasteiger partial charge in [0.15, 0.2) is 0 Å². The Morgan fingerprint density at radius 3 is 2.90 bits per heavy atom. The zero-order valence-corrected chi connectivity index (χ0v) is 7.05. The molecule has 0 spiro atoms. The Morgan fingerprint density at radius 1 is 1.70 bits per heavy atom. The molecule has 0 bridgehead atoms. The van der Waals surface area contributed by atoms with Crippen LogP contribution in [0.2, 0.25) is 0 Å². The van der Waals surface area contributed by atoms with Gasteiger partial charge in [0.2, 0.25) is 0 Å². The van der Waals surface area contributed by atoms with Crippen LogP contribution in [0.4, 0.5) is 0 Å². The summed E-state index contributed by atoms with van der Waals surface area (Å²) < 4.78 is 0.695. The molecule has 0 unspecified atom stereocenters. The third-order valence-corrected chi connectivity index (χ3v) is 1.67. The molecule has 0 saturated carbocycles. The molecule has 0 N–H and O–H groups in total. The molecule has 3 heteroatoms. The van der Waals surface area contributed by atoms with E-state index in [9.17, 15) is 4.79 Å². The van der Waals surface area contributed by atoms with Crippen molar-refractivity contribution in [2.75, 3.05) is 0 Å². The zero-order chi connectivity index (χ0) is 7.56. The van der Waals surface area contributed by atoms with Crippen molar-refractivity contribution in [3.05, 3.63) is 28.0 Å². The minimum Gasteiger partial charge on any atom is -0.298 e. The summed E-state index contributed by atoms with van der Waals surface area (Å²) in [6.07, 6.45) is 2.48. The summed E-state index contributed by atoms with van der Waals surface area (Å²) in [4.78, 5) is 14.3. The monoisotopic (exact) mass is 199 g/mol. The minimum atomic E-state index is 0.682. The second-order valence-electron chi connectivity index (χ2n) is 1.98. The molecule has 10 heavy (non-hydrogen) atoms. The smallest absolute Gasteiger partial charge is 0.150 e. The fraction of sp³-hybridized carbons (Fsp3) is 0.143. The van der Waals surface area contributed by atoms with Gasteiger partial charge in [-0.25, -0.2) is 4.98 Å². The van der Waals surface area contributed by atoms with E-state index in [1.54, 1.807) is 12.3 Å². The topological polar surface area (TPSA) is 30.0 Å². The van der Waals surface area contributed by atoms with Gasteiger partial charge in [-0.05, 0) is 34.5 Å². The molecule has 1 heterocycles. The number of nitrogens with zero attached hydrogens (tertiary/aromatic N) is 1. The molecule has 52 valence electrons. The molecule has 0 aliphatic rings. The second-order valence-corrected chi connectivity index (χ2v) is 2.79. The van der Waals surface area contributed by atoms with Crippen LogP contribution < -0.4 is 0 Å². The molecule has 0 aliphatic heterocycles. The number of aromatic nitrogens is 1. The summed E-state index contributed by atoms with van der Waals surface area (Å²) in [6, 6.07) is 1.70. The van der Waals surface area contributed by atoms with Crippen LogP contribution in [-0.4, -0.2) is 11.3 Å². The van der Waals surface area contributed by atoms with Gasteiger partial charge in [0, 0.05) is 11.8 Å². The molecule has 0 radical (unpaired) electrons. The second kappa shape index (κ2) is 2.92. The molecule has 0 saturated heterocycles. The number of hydrogen-bond acceptors (Lipinski definition) is 2. The maximum absolute atomic E-state index is 10.3. The van der Waals surface area contributed by atoms with Gasteiger partial charge in [0.05, 0.1) is 0 Å². The van der Waals surface area contributed by atoms with Gasteiger partial charge in [-0.2, -0.15) is 0 Å². The fourth-order valence-electron chi connectivity index (χ4n) is 0.639. The van der Waals surface area contributed by atoms with E-state index in [1.807, 2.05) is 6.92 Å². The Balaban J connectivity index is 3.21. The standard InChI is InChI=1S/C7H6BrNO/c1-5-3-9-7(8)2-6(5)4-10/h2-4H,1H3. The molecule has 0 aliphatic carbocycles. The summed E-state index contributed by atoms with van der Waals surface area (Å²) >= 11 is 3.17. The van der Waals surface area contributed by atoms with Crippen molar-refractivity contribution in [1.29, 1.82) is 0 Å². The van der Waals surface area contributed by atoms with E-state index in [1.165, 1.54) is 0 Å². The van der Waals surface area contributed by atoms with E-state index in [4.69, 9.17) is 0 Å². The van der Waals surface area contributed by atoms with Gasteiger partial charge in [0.1, 0.15) is 10.9 Å². The van der Waals surface area contributed by atoms with Crippen LogP contribution in [0.1, 0.15) is 15.9 Å². The van der Waals surface area contributed by atoms with Crippen LogP contribution in [0.5, 0.6) is 0 Å². The molecule has 0 aromatic carbocycles. The highest BCUT2D eigenvalue weighted by molar-refractivity contribution is 9.10. The molecule has 0 atom stereocenters. The SMILES string of the molecule is Cc1cnc(Br)cc1C=O. The highest BCUT2D eigenvalue weighted by atomic mass is 79.9. The van der Waals surface area contributed by atoms with Crippen LogP contribution in [0.15, 0.2) is 16.9 Å². The lowest BCUT2D eigenvalue weighted by Crippen LogP contribution is -1.87. The Bertz CT molecular complexity index is 260. The number of aryl methyl sites for hydroxylation is 1. The highest BCUT2D eigenvalue weighted by Crippen LogP contribution is 2.10. The van der Waals surface area contributed by atoms with Crippen LogP contribution >= 0.6 is 15.9 Å². The van der Waals surface area contributed by atoms with Crippen molar-refractivity contribution >= 4 is 22.2 Å². The molecule has 0 amide bonds. The van der Waals surface area contributed by atoms with Crippen molar-refractivity contribution in [3.63, 3.8) is 0 Å². The number of hydrogen-bond donors (Lipinski definition) is 0. The first-order valence-corrected chi connectivity index (χ1v) is 3.60. The average Bonchev–Trinajstić information content (AvgIpc) is 1.94. The summed E-state index contributed by atoms with van der Waals surface area (Å²) in [5.74, 6) is 0. The maximum Gasteiger partial charge on any atom is 0.150 e. The van der Waals surface area contributed by atoms with Gasteiger partial charge < -0.3 is 0 Å². The van der Waals surface area contributed by atoms with Crippen molar-refractivity contribution in [2.24, 2.45) is 0 Å². The van der Waals surface area contributed by atoms with Gasteiger partial charge in [0.25, 0.3) is 0 Å². The van der Waals surface area contributed by atoms with E-state index in [0.29, 0.717) is 10.2 Å². The van der Waals surface area contributed by atoms with Crippen molar-refractivity contribution in [3.8, 4) is 0 Å². The van der Waals surface area contributed by atoms with Gasteiger partial charge in [-0.1, -0.05) is 0 Å². The van der Waals surface area contributed by atoms with Crippen molar-refractivity contribution in [2.45, 2.75) is 6.92 Å². The summed E-state index contributed by atoms with van der Waals surface area (Å²) in [5, 5.41) is 0. The number of rotatable bonds is 1. The number of pyridine rings is 1. The quantitative estimate of drug-likeness (QED) is 0.512. The molecule has 0 fully saturated rings. The summed E-state index contributed by atoms with van der Waals surface area (Å²) in [5.41, 5.74) is 1.58. The highest BCUT2D eigenvalue weighted by Gasteiger charge is 1.96. The molecular formula is C7H6BrNO. The average molecular weight is 200 g/mol. The summed E-state index contributed by atoms with van der Waals surface area (Å²) in [6.45, 7) is 1.85. The maximum atomic E-state index is 10.3. The largest absolute Gasteiger partial charge is 0.298 e. The number of aldehydes is 1. The van der Waals surface area contributed by atoms with E-state index < -0.39 is 0 Å². The van der Waals surface area contributed by atoms with E-state index >= 15 is 0 Å². The van der Waals surface area contributed by atoms with Crippen molar-refractivity contribution in [1.82, 2.24) is 4.98 Å². The Labute approximate surface area is 67.4 Å². The summed E-state index contributed by atoms with van der Waals surface area (Å²) in [7, 11) is 0. The van der Waals surface area contributed by atoms with E-state index in [0.717, 1.165) is 11.8 Å².